The van der Waals surface area contributed by atoms with Crippen LogP contribution in [0.3, 0.4) is 0 Å². The van der Waals surface area contributed by atoms with Crippen LogP contribution in [0.5, 0.6) is 5.75 Å². The van der Waals surface area contributed by atoms with Crippen LogP contribution in [0.1, 0.15) is 11.1 Å². The van der Waals surface area contributed by atoms with E-state index in [1.165, 1.54) is 42.5 Å². The highest BCUT2D eigenvalue weighted by atomic mass is 35.5. The summed E-state index contributed by atoms with van der Waals surface area (Å²) in [6.45, 7) is 0.142. The molecule has 0 aliphatic heterocycles. The standard InChI is InChI=1S/C23H14Cl3N3O4/c24-19-7-2-1-4-15(19)13-33-22-20(25)9-14(10-21(22)26)8-16(12-27)23(30)28-17-5-3-6-18(11-17)29(31)32/h1-11H,13H2,(H,28,30)/b16-8+. The molecule has 0 atom stereocenters. The number of nitrogens with one attached hydrogen (secondary N) is 1. The first kappa shape index (κ1) is 24.1. The number of benzene rings is 3. The Morgan fingerprint density at radius 3 is 2.39 bits per heavy atom. The molecule has 10 heteroatoms. The lowest BCUT2D eigenvalue weighted by atomic mass is 10.1. The van der Waals surface area contributed by atoms with E-state index in [1.807, 2.05) is 6.07 Å². The van der Waals surface area contributed by atoms with E-state index in [-0.39, 0.29) is 39.3 Å². The molecule has 0 saturated heterocycles. The largest absolute Gasteiger partial charge is 0.486 e. The maximum atomic E-state index is 12.5. The summed E-state index contributed by atoms with van der Waals surface area (Å²) in [6.07, 6.45) is 1.29. The molecule has 3 rings (SSSR count). The number of carbonyl (C=O) groups excluding carboxylic acids is 1. The highest BCUT2D eigenvalue weighted by Gasteiger charge is 2.15. The fraction of sp³-hybridized carbons (Fsp3) is 0.0435. The Bertz CT molecular complexity index is 1280. The number of amides is 1. The number of hydrogen-bond acceptors (Lipinski definition) is 5. The molecule has 3 aromatic rings. The van der Waals surface area contributed by atoms with Gasteiger partial charge in [-0.1, -0.05) is 59.1 Å². The molecule has 0 heterocycles. The predicted octanol–water partition coefficient (Wildman–Crippen LogP) is 6.68. The summed E-state index contributed by atoms with van der Waals surface area (Å²) in [5.41, 5.74) is 0.870. The van der Waals surface area contributed by atoms with Gasteiger partial charge in [0.15, 0.2) is 5.75 Å². The minimum atomic E-state index is -0.746. The van der Waals surface area contributed by atoms with Crippen LogP contribution in [0.15, 0.2) is 66.2 Å². The molecule has 1 amide bonds. The summed E-state index contributed by atoms with van der Waals surface area (Å²) < 4.78 is 5.71. The van der Waals surface area contributed by atoms with Gasteiger partial charge in [-0.3, -0.25) is 14.9 Å². The topological polar surface area (TPSA) is 105 Å². The Balaban J connectivity index is 1.79. The van der Waals surface area contributed by atoms with Crippen molar-refractivity contribution < 1.29 is 14.5 Å². The smallest absolute Gasteiger partial charge is 0.271 e. The van der Waals surface area contributed by atoms with Gasteiger partial charge >= 0.3 is 0 Å². The van der Waals surface area contributed by atoms with Crippen LogP contribution in [0.2, 0.25) is 15.1 Å². The van der Waals surface area contributed by atoms with Crippen LogP contribution in [-0.4, -0.2) is 10.8 Å². The van der Waals surface area contributed by atoms with Crippen molar-refractivity contribution in [1.29, 1.82) is 5.26 Å². The molecule has 0 aliphatic carbocycles. The number of halogens is 3. The zero-order valence-electron chi connectivity index (χ0n) is 16.7. The fourth-order valence-electron chi connectivity index (χ4n) is 2.78. The average molecular weight is 503 g/mol. The maximum Gasteiger partial charge on any atom is 0.271 e. The molecule has 0 bridgehead atoms. The molecular formula is C23H14Cl3N3O4. The quantitative estimate of drug-likeness (QED) is 0.168. The number of hydrogen-bond donors (Lipinski definition) is 1. The lowest BCUT2D eigenvalue weighted by Gasteiger charge is -2.12. The molecule has 7 nitrogen and oxygen atoms in total. The van der Waals surface area contributed by atoms with E-state index in [9.17, 15) is 20.2 Å². The SMILES string of the molecule is N#C/C(=C\c1cc(Cl)c(OCc2ccccc2Cl)c(Cl)c1)C(=O)Nc1cccc([N+](=O)[O-])c1. The van der Waals surface area contributed by atoms with Gasteiger partial charge in [0.25, 0.3) is 11.6 Å². The normalized spacial score (nSPS) is 10.9. The molecule has 33 heavy (non-hydrogen) atoms. The van der Waals surface area contributed by atoms with E-state index in [0.717, 1.165) is 5.56 Å². The van der Waals surface area contributed by atoms with Crippen molar-refractivity contribution in [2.45, 2.75) is 6.61 Å². The van der Waals surface area contributed by atoms with E-state index >= 15 is 0 Å². The summed E-state index contributed by atoms with van der Waals surface area (Å²) in [7, 11) is 0. The van der Waals surface area contributed by atoms with Crippen molar-refractivity contribution in [2.75, 3.05) is 5.32 Å². The minimum Gasteiger partial charge on any atom is -0.486 e. The third-order valence-corrected chi connectivity index (χ3v) is 5.27. The van der Waals surface area contributed by atoms with Crippen LogP contribution >= 0.6 is 34.8 Å². The number of nitro benzene ring substituents is 1. The number of carbonyl (C=O) groups is 1. The number of non-ortho nitro benzene ring substituents is 1. The first-order valence-electron chi connectivity index (χ1n) is 9.31. The average Bonchev–Trinajstić information content (AvgIpc) is 2.78. The lowest BCUT2D eigenvalue weighted by molar-refractivity contribution is -0.384. The van der Waals surface area contributed by atoms with Crippen molar-refractivity contribution in [3.63, 3.8) is 0 Å². The first-order chi connectivity index (χ1) is 15.8. The van der Waals surface area contributed by atoms with Crippen molar-refractivity contribution in [1.82, 2.24) is 0 Å². The van der Waals surface area contributed by atoms with Crippen molar-refractivity contribution in [3.05, 3.63) is 103 Å². The molecule has 166 valence electrons. The van der Waals surface area contributed by atoms with Gasteiger partial charge in [0.1, 0.15) is 18.2 Å². The Kier molecular flexibility index (Phi) is 7.91. The van der Waals surface area contributed by atoms with Gasteiger partial charge < -0.3 is 10.1 Å². The Morgan fingerprint density at radius 2 is 1.76 bits per heavy atom. The molecule has 0 radical (unpaired) electrons. The van der Waals surface area contributed by atoms with Crippen molar-refractivity contribution in [2.24, 2.45) is 0 Å². The predicted molar refractivity (Wildman–Crippen MR) is 128 cm³/mol. The molecule has 0 aliphatic rings. The second-order valence-corrected chi connectivity index (χ2v) is 7.85. The fourth-order valence-corrected chi connectivity index (χ4v) is 3.58. The second kappa shape index (κ2) is 10.8. The van der Waals surface area contributed by atoms with E-state index in [4.69, 9.17) is 39.5 Å². The molecule has 0 spiro atoms. The molecule has 3 aromatic carbocycles. The second-order valence-electron chi connectivity index (χ2n) is 6.63. The number of ether oxygens (including phenoxy) is 1. The van der Waals surface area contributed by atoms with Gasteiger partial charge in [-0.2, -0.15) is 5.26 Å². The third-order valence-electron chi connectivity index (χ3n) is 4.34. The summed E-state index contributed by atoms with van der Waals surface area (Å²) in [6, 6.07) is 17.3. The highest BCUT2D eigenvalue weighted by Crippen LogP contribution is 2.36. The summed E-state index contributed by atoms with van der Waals surface area (Å²) in [5.74, 6) is -0.515. The Hall–Kier alpha value is -3.57. The van der Waals surface area contributed by atoms with Crippen LogP contribution in [0.25, 0.3) is 6.08 Å². The van der Waals surface area contributed by atoms with E-state index in [2.05, 4.69) is 5.32 Å². The number of nitriles is 1. The molecule has 0 saturated carbocycles. The van der Waals surface area contributed by atoms with Gasteiger partial charge in [0, 0.05) is 28.4 Å². The summed E-state index contributed by atoms with van der Waals surface area (Å²) in [4.78, 5) is 22.8. The van der Waals surface area contributed by atoms with Gasteiger partial charge in [-0.15, -0.1) is 0 Å². The van der Waals surface area contributed by atoms with Gasteiger partial charge in [-0.05, 0) is 35.9 Å². The van der Waals surface area contributed by atoms with Gasteiger partial charge in [0.2, 0.25) is 0 Å². The zero-order chi connectivity index (χ0) is 24.0. The van der Waals surface area contributed by atoms with Crippen LogP contribution in [-0.2, 0) is 11.4 Å². The number of anilines is 1. The molecule has 0 aromatic heterocycles. The summed E-state index contributed by atoms with van der Waals surface area (Å²) in [5, 5.41) is 23.7. The van der Waals surface area contributed by atoms with Gasteiger partial charge in [0.05, 0.1) is 15.0 Å². The van der Waals surface area contributed by atoms with E-state index < -0.39 is 10.8 Å². The van der Waals surface area contributed by atoms with Crippen molar-refractivity contribution in [3.8, 4) is 11.8 Å². The van der Waals surface area contributed by atoms with Crippen LogP contribution < -0.4 is 10.1 Å². The van der Waals surface area contributed by atoms with Crippen molar-refractivity contribution >= 4 is 58.2 Å². The molecule has 1 N–H and O–H groups in total. The Morgan fingerprint density at radius 1 is 1.06 bits per heavy atom. The van der Waals surface area contributed by atoms with Crippen LogP contribution in [0.4, 0.5) is 11.4 Å². The number of nitrogens with zero attached hydrogens (tertiary/aromatic N) is 2. The van der Waals surface area contributed by atoms with E-state index in [1.54, 1.807) is 24.3 Å². The monoisotopic (exact) mass is 501 g/mol. The number of nitro groups is 1. The summed E-state index contributed by atoms with van der Waals surface area (Å²) >= 11 is 18.7. The zero-order valence-corrected chi connectivity index (χ0v) is 19.0. The van der Waals surface area contributed by atoms with Crippen LogP contribution in [0, 0.1) is 21.4 Å². The Labute approximate surface area is 203 Å². The highest BCUT2D eigenvalue weighted by molar-refractivity contribution is 6.37. The maximum absolute atomic E-state index is 12.5. The minimum absolute atomic E-state index is 0.142. The molecule has 0 fully saturated rings. The lowest BCUT2D eigenvalue weighted by Crippen LogP contribution is -2.13. The molecule has 0 unspecified atom stereocenters. The van der Waals surface area contributed by atoms with E-state index in [0.29, 0.717) is 10.6 Å². The van der Waals surface area contributed by atoms with Gasteiger partial charge in [-0.25, -0.2) is 0 Å². The third kappa shape index (κ3) is 6.24. The number of rotatable bonds is 7. The first-order valence-corrected chi connectivity index (χ1v) is 10.4. The molecular weight excluding hydrogens is 489 g/mol.